The zero-order valence-corrected chi connectivity index (χ0v) is 20.9. The molecule has 0 N–H and O–H groups in total. The zero-order valence-electron chi connectivity index (χ0n) is 20.9. The quantitative estimate of drug-likeness (QED) is 0.553. The second kappa shape index (κ2) is 9.34. The number of carbonyl (C=O) groups is 1. The number of anilines is 2. The molecular weight excluding hydrogens is 442 g/mol. The summed E-state index contributed by atoms with van der Waals surface area (Å²) in [5, 5.41) is 0. The average Bonchev–Trinajstić information content (AvgIpc) is 3.48. The predicted octanol–water partition coefficient (Wildman–Crippen LogP) is 3.97. The van der Waals surface area contributed by atoms with Crippen LogP contribution in [0.15, 0.2) is 53.3 Å². The van der Waals surface area contributed by atoms with Gasteiger partial charge in [-0.05, 0) is 31.3 Å². The van der Waals surface area contributed by atoms with E-state index in [0.29, 0.717) is 24.6 Å². The molecule has 3 aromatic rings. The fourth-order valence-corrected chi connectivity index (χ4v) is 4.47. The van der Waals surface area contributed by atoms with E-state index in [9.17, 15) is 4.79 Å². The van der Waals surface area contributed by atoms with Crippen LogP contribution in [0.5, 0.6) is 5.75 Å². The highest BCUT2D eigenvalue weighted by atomic mass is 16.5. The van der Waals surface area contributed by atoms with Crippen LogP contribution in [-0.2, 0) is 10.2 Å². The third-order valence-corrected chi connectivity index (χ3v) is 6.60. The topological polar surface area (TPSA) is 74.9 Å². The Labute approximate surface area is 206 Å². The molecule has 2 aliphatic rings. The number of pyridine rings is 1. The molecule has 2 fully saturated rings. The standard InChI is InChI=1S/C27H33N5O3/c1-27(2,3)26-29-21(18-34-26)19-7-9-20(10-8-19)32-13-11-23(25(32)33)35-22-6-5-12-28-24(22)31-16-14-30(4)15-17-31/h5-10,12,18,23H,11,13-17H2,1-4H3. The van der Waals surface area contributed by atoms with Gasteiger partial charge in [-0.2, -0.15) is 0 Å². The molecule has 0 aliphatic carbocycles. The van der Waals surface area contributed by atoms with Crippen LogP contribution in [-0.4, -0.2) is 66.7 Å². The largest absolute Gasteiger partial charge is 0.477 e. The smallest absolute Gasteiger partial charge is 0.268 e. The molecule has 8 heteroatoms. The van der Waals surface area contributed by atoms with Crippen molar-refractivity contribution in [1.82, 2.24) is 14.9 Å². The molecule has 8 nitrogen and oxygen atoms in total. The Balaban J connectivity index is 1.27. The molecule has 1 atom stereocenters. The van der Waals surface area contributed by atoms with Gasteiger partial charge in [0.05, 0.1) is 0 Å². The lowest BCUT2D eigenvalue weighted by Crippen LogP contribution is -2.45. The van der Waals surface area contributed by atoms with Crippen molar-refractivity contribution in [1.29, 1.82) is 0 Å². The number of likely N-dealkylation sites (N-methyl/N-ethyl adjacent to an activating group) is 1. The Kier molecular flexibility index (Phi) is 6.23. The lowest BCUT2D eigenvalue weighted by atomic mass is 9.97. The minimum atomic E-state index is -0.519. The summed E-state index contributed by atoms with van der Waals surface area (Å²) in [5.41, 5.74) is 2.46. The molecule has 5 rings (SSSR count). The van der Waals surface area contributed by atoms with Crippen molar-refractivity contribution >= 4 is 17.4 Å². The minimum absolute atomic E-state index is 0.0256. The maximum atomic E-state index is 13.2. The van der Waals surface area contributed by atoms with Crippen molar-refractivity contribution in [2.24, 2.45) is 0 Å². The van der Waals surface area contributed by atoms with Gasteiger partial charge in [-0.1, -0.05) is 32.9 Å². The van der Waals surface area contributed by atoms with Crippen LogP contribution in [0.3, 0.4) is 0 Å². The van der Waals surface area contributed by atoms with Crippen LogP contribution >= 0.6 is 0 Å². The van der Waals surface area contributed by atoms with Gasteiger partial charge in [-0.25, -0.2) is 9.97 Å². The van der Waals surface area contributed by atoms with E-state index >= 15 is 0 Å². The normalized spacial score (nSPS) is 19.4. The maximum absolute atomic E-state index is 13.2. The Morgan fingerprint density at radius 2 is 1.77 bits per heavy atom. The highest BCUT2D eigenvalue weighted by Gasteiger charge is 2.35. The summed E-state index contributed by atoms with van der Waals surface area (Å²) in [4.78, 5) is 28.8. The molecule has 184 valence electrons. The highest BCUT2D eigenvalue weighted by molar-refractivity contribution is 5.99. The Hall–Kier alpha value is -3.39. The van der Waals surface area contributed by atoms with E-state index in [1.54, 1.807) is 17.4 Å². The van der Waals surface area contributed by atoms with Gasteiger partial charge in [0.25, 0.3) is 5.91 Å². The van der Waals surface area contributed by atoms with Crippen LogP contribution in [0.25, 0.3) is 11.3 Å². The number of rotatable bonds is 5. The Bertz CT molecular complexity index is 1180. The van der Waals surface area contributed by atoms with Gasteiger partial charge in [-0.15, -0.1) is 0 Å². The fourth-order valence-electron chi connectivity index (χ4n) is 4.47. The molecule has 1 amide bonds. The first kappa shape index (κ1) is 23.4. The summed E-state index contributed by atoms with van der Waals surface area (Å²) in [5.74, 6) is 2.17. The number of ether oxygens (including phenoxy) is 1. The predicted molar refractivity (Wildman–Crippen MR) is 136 cm³/mol. The van der Waals surface area contributed by atoms with E-state index in [1.165, 1.54) is 0 Å². The first-order chi connectivity index (χ1) is 16.8. The van der Waals surface area contributed by atoms with Crippen LogP contribution < -0.4 is 14.5 Å². The minimum Gasteiger partial charge on any atom is -0.477 e. The molecule has 0 saturated carbocycles. The van der Waals surface area contributed by atoms with E-state index in [4.69, 9.17) is 9.15 Å². The third-order valence-electron chi connectivity index (χ3n) is 6.60. The first-order valence-electron chi connectivity index (χ1n) is 12.2. The van der Waals surface area contributed by atoms with Crippen LogP contribution in [0, 0.1) is 0 Å². The second-order valence-corrected chi connectivity index (χ2v) is 10.3. The summed E-state index contributed by atoms with van der Waals surface area (Å²) in [6.07, 6.45) is 3.58. The summed E-state index contributed by atoms with van der Waals surface area (Å²) in [6.45, 7) is 10.6. The summed E-state index contributed by atoms with van der Waals surface area (Å²) in [6, 6.07) is 11.7. The van der Waals surface area contributed by atoms with Crippen LogP contribution in [0.4, 0.5) is 11.5 Å². The van der Waals surface area contributed by atoms with Crippen LogP contribution in [0.2, 0.25) is 0 Å². The number of aromatic nitrogens is 2. The molecule has 0 radical (unpaired) electrons. The molecular formula is C27H33N5O3. The molecule has 4 heterocycles. The van der Waals surface area contributed by atoms with Gasteiger partial charge in [0.2, 0.25) is 0 Å². The van der Waals surface area contributed by atoms with Gasteiger partial charge < -0.3 is 23.9 Å². The molecule has 0 spiro atoms. The third kappa shape index (κ3) is 4.89. The summed E-state index contributed by atoms with van der Waals surface area (Å²) >= 11 is 0. The van der Waals surface area contributed by atoms with Gasteiger partial charge in [0.1, 0.15) is 12.0 Å². The number of carbonyl (C=O) groups excluding carboxylic acids is 1. The molecule has 1 aromatic carbocycles. The van der Waals surface area contributed by atoms with Crippen molar-refractivity contribution in [3.8, 4) is 17.0 Å². The van der Waals surface area contributed by atoms with E-state index in [0.717, 1.165) is 48.9 Å². The van der Waals surface area contributed by atoms with Crippen molar-refractivity contribution < 1.29 is 13.9 Å². The van der Waals surface area contributed by atoms with Crippen molar-refractivity contribution in [2.75, 3.05) is 49.6 Å². The monoisotopic (exact) mass is 475 g/mol. The molecule has 0 bridgehead atoms. The number of benzene rings is 1. The maximum Gasteiger partial charge on any atom is 0.268 e. The van der Waals surface area contributed by atoms with Gasteiger partial charge in [-0.3, -0.25) is 4.79 Å². The molecule has 35 heavy (non-hydrogen) atoms. The molecule has 2 aromatic heterocycles. The lowest BCUT2D eigenvalue weighted by molar-refractivity contribution is -0.122. The Morgan fingerprint density at radius 3 is 2.46 bits per heavy atom. The fraction of sp³-hybridized carbons (Fsp3) is 0.444. The van der Waals surface area contributed by atoms with E-state index < -0.39 is 6.10 Å². The highest BCUT2D eigenvalue weighted by Crippen LogP contribution is 2.32. The Morgan fingerprint density at radius 1 is 1.03 bits per heavy atom. The number of hydrogen-bond acceptors (Lipinski definition) is 7. The average molecular weight is 476 g/mol. The number of oxazole rings is 1. The van der Waals surface area contributed by atoms with E-state index in [2.05, 4.69) is 47.6 Å². The van der Waals surface area contributed by atoms with E-state index in [1.807, 2.05) is 36.4 Å². The zero-order chi connectivity index (χ0) is 24.6. The van der Waals surface area contributed by atoms with E-state index in [-0.39, 0.29) is 11.3 Å². The summed E-state index contributed by atoms with van der Waals surface area (Å²) in [7, 11) is 2.13. The number of hydrogen-bond donors (Lipinski definition) is 0. The SMILES string of the molecule is CN1CCN(c2ncccc2OC2CCN(c3ccc(-c4coc(C(C)(C)C)n4)cc3)C2=O)CC1. The van der Waals surface area contributed by atoms with Crippen molar-refractivity contribution in [3.63, 3.8) is 0 Å². The van der Waals surface area contributed by atoms with Crippen LogP contribution in [0.1, 0.15) is 33.1 Å². The van der Waals surface area contributed by atoms with Gasteiger partial charge >= 0.3 is 0 Å². The molecule has 2 saturated heterocycles. The second-order valence-electron chi connectivity index (χ2n) is 10.3. The van der Waals surface area contributed by atoms with Gasteiger partial charge in [0, 0.05) is 62.0 Å². The van der Waals surface area contributed by atoms with Crippen molar-refractivity contribution in [2.45, 2.75) is 38.7 Å². The van der Waals surface area contributed by atoms with Gasteiger partial charge in [0.15, 0.2) is 23.6 Å². The summed E-state index contributed by atoms with van der Waals surface area (Å²) < 4.78 is 11.9. The lowest BCUT2D eigenvalue weighted by Gasteiger charge is -2.34. The number of amides is 1. The van der Waals surface area contributed by atoms with Crippen molar-refractivity contribution in [3.05, 3.63) is 54.7 Å². The molecule has 2 aliphatic heterocycles. The number of piperazine rings is 1. The number of nitrogens with zero attached hydrogens (tertiary/aromatic N) is 5. The molecule has 1 unspecified atom stereocenters. The first-order valence-corrected chi connectivity index (χ1v) is 12.2.